The van der Waals surface area contributed by atoms with Crippen LogP contribution in [0.15, 0.2) is 17.0 Å². The van der Waals surface area contributed by atoms with Gasteiger partial charge in [0.2, 0.25) is 10.0 Å². The molecule has 0 aliphatic carbocycles. The number of nitro benzene ring substituents is 1. The fourth-order valence-corrected chi connectivity index (χ4v) is 3.39. The van der Waals surface area contributed by atoms with Gasteiger partial charge in [0.25, 0.3) is 5.69 Å². The number of nitrogens with one attached hydrogen (secondary N) is 1. The number of rotatable bonds is 5. The summed E-state index contributed by atoms with van der Waals surface area (Å²) in [4.78, 5) is 9.91. The lowest BCUT2D eigenvalue weighted by Gasteiger charge is -2.13. The number of sulfonamides is 1. The van der Waals surface area contributed by atoms with E-state index in [1.54, 1.807) is 13.0 Å². The van der Waals surface area contributed by atoms with Crippen molar-refractivity contribution in [3.05, 3.63) is 33.4 Å². The third kappa shape index (κ3) is 3.49. The molecule has 0 aromatic heterocycles. The van der Waals surface area contributed by atoms with Crippen molar-refractivity contribution in [3.8, 4) is 0 Å². The molecule has 0 amide bonds. The van der Waals surface area contributed by atoms with E-state index in [-0.39, 0.29) is 4.90 Å². The van der Waals surface area contributed by atoms with Gasteiger partial charge in [-0.05, 0) is 31.9 Å². The zero-order chi connectivity index (χ0) is 14.8. The van der Waals surface area contributed by atoms with Crippen LogP contribution in [0.2, 0.25) is 0 Å². The first kappa shape index (κ1) is 15.5. The molecule has 0 heterocycles. The van der Waals surface area contributed by atoms with Gasteiger partial charge in [-0.2, -0.15) is 0 Å². The SMILES string of the molecule is Cc1cc(C)c(S(=O)(=O)N[C@@H](C)CO)c([N+](=O)[O-])c1. The summed E-state index contributed by atoms with van der Waals surface area (Å²) in [5.74, 6) is 0. The topological polar surface area (TPSA) is 110 Å². The van der Waals surface area contributed by atoms with Crippen molar-refractivity contribution in [2.24, 2.45) is 0 Å². The van der Waals surface area contributed by atoms with E-state index >= 15 is 0 Å². The second kappa shape index (κ2) is 5.64. The molecule has 19 heavy (non-hydrogen) atoms. The van der Waals surface area contributed by atoms with E-state index < -0.39 is 33.3 Å². The van der Waals surface area contributed by atoms with E-state index in [2.05, 4.69) is 4.72 Å². The Balaban J connectivity index is 3.45. The first-order valence-corrected chi connectivity index (χ1v) is 7.06. The number of benzene rings is 1. The van der Waals surface area contributed by atoms with Crippen molar-refractivity contribution in [2.75, 3.05) is 6.61 Å². The standard InChI is InChI=1S/C11H16N2O5S/c1-7-4-8(2)11(10(5-7)13(15)16)19(17,18)12-9(3)6-14/h4-5,9,12,14H,6H2,1-3H3/t9-/m0/s1. The number of aliphatic hydroxyl groups is 1. The molecular formula is C11H16N2O5S. The van der Waals surface area contributed by atoms with Crippen LogP contribution in [0.25, 0.3) is 0 Å². The molecule has 0 bridgehead atoms. The summed E-state index contributed by atoms with van der Waals surface area (Å²) in [7, 11) is -4.05. The summed E-state index contributed by atoms with van der Waals surface area (Å²) in [5, 5.41) is 19.9. The van der Waals surface area contributed by atoms with Crippen molar-refractivity contribution in [1.82, 2.24) is 4.72 Å². The van der Waals surface area contributed by atoms with Gasteiger partial charge < -0.3 is 5.11 Å². The van der Waals surface area contributed by atoms with Crippen LogP contribution in [0.1, 0.15) is 18.1 Å². The molecule has 0 aliphatic heterocycles. The molecule has 8 heteroatoms. The number of hydrogen-bond acceptors (Lipinski definition) is 5. The number of nitro groups is 1. The van der Waals surface area contributed by atoms with Gasteiger partial charge in [0.05, 0.1) is 11.5 Å². The molecule has 0 saturated carbocycles. The lowest BCUT2D eigenvalue weighted by Crippen LogP contribution is -2.35. The number of nitrogens with zero attached hydrogens (tertiary/aromatic N) is 1. The molecule has 1 aromatic carbocycles. The van der Waals surface area contributed by atoms with Gasteiger partial charge in [-0.3, -0.25) is 10.1 Å². The highest BCUT2D eigenvalue weighted by Gasteiger charge is 2.29. The smallest absolute Gasteiger partial charge is 0.289 e. The van der Waals surface area contributed by atoms with Crippen LogP contribution in [0.5, 0.6) is 0 Å². The number of aryl methyl sites for hydroxylation is 2. The van der Waals surface area contributed by atoms with Crippen LogP contribution in [-0.4, -0.2) is 31.1 Å². The van der Waals surface area contributed by atoms with Crippen LogP contribution in [0.4, 0.5) is 5.69 Å². The Morgan fingerprint density at radius 3 is 2.47 bits per heavy atom. The Kier molecular flexibility index (Phi) is 4.61. The summed E-state index contributed by atoms with van der Waals surface area (Å²) in [6.07, 6.45) is 0. The minimum absolute atomic E-state index is 0.296. The second-order valence-electron chi connectivity index (χ2n) is 4.39. The Morgan fingerprint density at radius 1 is 1.42 bits per heavy atom. The second-order valence-corrected chi connectivity index (χ2v) is 6.04. The van der Waals surface area contributed by atoms with E-state index in [1.807, 2.05) is 0 Å². The molecule has 1 atom stereocenters. The summed E-state index contributed by atoms with van der Waals surface area (Å²) in [6, 6.07) is 2.06. The van der Waals surface area contributed by atoms with E-state index in [0.29, 0.717) is 11.1 Å². The van der Waals surface area contributed by atoms with Crippen LogP contribution < -0.4 is 4.72 Å². The van der Waals surface area contributed by atoms with Gasteiger partial charge in [-0.1, -0.05) is 6.07 Å². The Labute approximate surface area is 111 Å². The van der Waals surface area contributed by atoms with Gasteiger partial charge >= 0.3 is 0 Å². The molecule has 7 nitrogen and oxygen atoms in total. The van der Waals surface area contributed by atoms with Crippen molar-refractivity contribution < 1.29 is 18.4 Å². The summed E-state index contributed by atoms with van der Waals surface area (Å²) in [6.45, 7) is 4.23. The minimum Gasteiger partial charge on any atom is -0.395 e. The highest BCUT2D eigenvalue weighted by Crippen LogP contribution is 2.28. The molecule has 1 aromatic rings. The Morgan fingerprint density at radius 2 is 2.00 bits per heavy atom. The van der Waals surface area contributed by atoms with Gasteiger partial charge in [0.1, 0.15) is 0 Å². The lowest BCUT2D eigenvalue weighted by atomic mass is 10.1. The predicted octanol–water partition coefficient (Wildman–Crippen LogP) is 0.871. The molecule has 106 valence electrons. The largest absolute Gasteiger partial charge is 0.395 e. The van der Waals surface area contributed by atoms with Gasteiger partial charge in [-0.15, -0.1) is 0 Å². The fourth-order valence-electron chi connectivity index (χ4n) is 1.78. The number of hydrogen-bond donors (Lipinski definition) is 2. The molecule has 0 spiro atoms. The van der Waals surface area contributed by atoms with Crippen LogP contribution in [-0.2, 0) is 10.0 Å². The summed E-state index contributed by atoms with van der Waals surface area (Å²) >= 11 is 0. The summed E-state index contributed by atoms with van der Waals surface area (Å²) < 4.78 is 26.5. The average Bonchev–Trinajstić information content (AvgIpc) is 2.26. The minimum atomic E-state index is -4.05. The quantitative estimate of drug-likeness (QED) is 0.617. The van der Waals surface area contributed by atoms with Crippen molar-refractivity contribution in [2.45, 2.75) is 31.7 Å². The first-order valence-electron chi connectivity index (χ1n) is 5.58. The van der Waals surface area contributed by atoms with Crippen LogP contribution in [0.3, 0.4) is 0 Å². The maximum absolute atomic E-state index is 12.1. The molecule has 1 rings (SSSR count). The molecule has 0 unspecified atom stereocenters. The maximum Gasteiger partial charge on any atom is 0.289 e. The molecule has 0 radical (unpaired) electrons. The zero-order valence-electron chi connectivity index (χ0n) is 10.9. The van der Waals surface area contributed by atoms with Gasteiger partial charge in [0.15, 0.2) is 4.90 Å². The van der Waals surface area contributed by atoms with Crippen molar-refractivity contribution >= 4 is 15.7 Å². The monoisotopic (exact) mass is 288 g/mol. The van der Waals surface area contributed by atoms with Crippen LogP contribution >= 0.6 is 0 Å². The molecule has 2 N–H and O–H groups in total. The maximum atomic E-state index is 12.1. The molecule has 0 fully saturated rings. The summed E-state index contributed by atoms with van der Waals surface area (Å²) in [5.41, 5.74) is 0.442. The van der Waals surface area contributed by atoms with Crippen molar-refractivity contribution in [3.63, 3.8) is 0 Å². The first-order chi connectivity index (χ1) is 8.69. The van der Waals surface area contributed by atoms with E-state index in [4.69, 9.17) is 5.11 Å². The lowest BCUT2D eigenvalue weighted by molar-refractivity contribution is -0.388. The van der Waals surface area contributed by atoms with E-state index in [0.717, 1.165) is 0 Å². The molecule has 0 saturated heterocycles. The highest BCUT2D eigenvalue weighted by molar-refractivity contribution is 7.89. The molecular weight excluding hydrogens is 272 g/mol. The molecule has 0 aliphatic rings. The van der Waals surface area contributed by atoms with E-state index in [9.17, 15) is 18.5 Å². The van der Waals surface area contributed by atoms with Crippen LogP contribution in [0, 0.1) is 24.0 Å². The number of aliphatic hydroxyl groups excluding tert-OH is 1. The Hall–Kier alpha value is -1.51. The zero-order valence-corrected chi connectivity index (χ0v) is 11.7. The predicted molar refractivity (Wildman–Crippen MR) is 69.4 cm³/mol. The Bertz CT molecular complexity index is 597. The van der Waals surface area contributed by atoms with Crippen molar-refractivity contribution in [1.29, 1.82) is 0 Å². The average molecular weight is 288 g/mol. The third-order valence-electron chi connectivity index (χ3n) is 2.49. The van der Waals surface area contributed by atoms with E-state index in [1.165, 1.54) is 19.9 Å². The van der Waals surface area contributed by atoms with Gasteiger partial charge in [-0.25, -0.2) is 13.1 Å². The highest BCUT2D eigenvalue weighted by atomic mass is 32.2. The fraction of sp³-hybridized carbons (Fsp3) is 0.455. The third-order valence-corrected chi connectivity index (χ3v) is 4.28. The normalized spacial score (nSPS) is 13.3. The van der Waals surface area contributed by atoms with Gasteiger partial charge in [0, 0.05) is 12.1 Å².